The molecule has 0 aromatic heterocycles. The van der Waals surface area contributed by atoms with Crippen molar-refractivity contribution in [3.05, 3.63) is 35.9 Å². The lowest BCUT2D eigenvalue weighted by molar-refractivity contribution is -0.143. The average molecular weight is 522 g/mol. The molecular formula is C24H39N7O6. The zero-order valence-electron chi connectivity index (χ0n) is 21.4. The van der Waals surface area contributed by atoms with E-state index in [2.05, 4.69) is 20.9 Å². The molecule has 0 aliphatic heterocycles. The number of guanidine groups is 1. The van der Waals surface area contributed by atoms with Crippen LogP contribution in [-0.4, -0.2) is 76.7 Å². The van der Waals surface area contributed by atoms with Crippen LogP contribution in [0.3, 0.4) is 0 Å². The molecule has 1 aromatic rings. The molecule has 0 saturated carbocycles. The second kappa shape index (κ2) is 15.4. The summed E-state index contributed by atoms with van der Waals surface area (Å²) < 4.78 is 0. The summed E-state index contributed by atoms with van der Waals surface area (Å²) in [6, 6.07) is 4.15. The number of hydrogen-bond acceptors (Lipinski definition) is 7. The Morgan fingerprint density at radius 3 is 2.00 bits per heavy atom. The number of rotatable bonds is 15. The number of aliphatic carboxylic acids is 1. The summed E-state index contributed by atoms with van der Waals surface area (Å²) in [5, 5.41) is 26.7. The SMILES string of the molecule is CC(C)C(NC(=O)C(CCCN=C(N)N)NC(=O)C(Cc1ccccc1)NC(=O)C(N)C(C)O)C(=O)O. The molecule has 5 unspecified atom stereocenters. The van der Waals surface area contributed by atoms with Crippen molar-refractivity contribution in [1.82, 2.24) is 16.0 Å². The molecule has 0 aliphatic rings. The molecule has 0 saturated heterocycles. The van der Waals surface area contributed by atoms with E-state index in [9.17, 15) is 29.4 Å². The number of carbonyl (C=O) groups excluding carboxylic acids is 3. The lowest BCUT2D eigenvalue weighted by Crippen LogP contribution is -2.59. The zero-order chi connectivity index (χ0) is 28.1. The zero-order valence-corrected chi connectivity index (χ0v) is 21.4. The van der Waals surface area contributed by atoms with E-state index in [1.54, 1.807) is 44.2 Å². The molecule has 13 nitrogen and oxygen atoms in total. The van der Waals surface area contributed by atoms with Crippen LogP contribution < -0.4 is 33.2 Å². The number of nitrogens with one attached hydrogen (secondary N) is 3. The summed E-state index contributed by atoms with van der Waals surface area (Å²) in [7, 11) is 0. The minimum Gasteiger partial charge on any atom is -0.480 e. The molecule has 0 bridgehead atoms. The monoisotopic (exact) mass is 521 g/mol. The van der Waals surface area contributed by atoms with E-state index in [4.69, 9.17) is 17.2 Å². The van der Waals surface area contributed by atoms with Crippen LogP contribution in [-0.2, 0) is 25.6 Å². The predicted octanol–water partition coefficient (Wildman–Crippen LogP) is -1.81. The summed E-state index contributed by atoms with van der Waals surface area (Å²) >= 11 is 0. The Labute approximate surface area is 216 Å². The first-order valence-electron chi connectivity index (χ1n) is 12.0. The average Bonchev–Trinajstić information content (AvgIpc) is 2.82. The Kier molecular flexibility index (Phi) is 13.0. The highest BCUT2D eigenvalue weighted by Gasteiger charge is 2.31. The van der Waals surface area contributed by atoms with Gasteiger partial charge in [-0.3, -0.25) is 19.4 Å². The van der Waals surface area contributed by atoms with Gasteiger partial charge in [0.2, 0.25) is 17.7 Å². The number of nitrogens with two attached hydrogens (primary N) is 3. The number of carbonyl (C=O) groups is 4. The van der Waals surface area contributed by atoms with Gasteiger partial charge in [0.15, 0.2) is 5.96 Å². The third kappa shape index (κ3) is 11.3. The van der Waals surface area contributed by atoms with Gasteiger partial charge in [0.25, 0.3) is 0 Å². The second-order valence-electron chi connectivity index (χ2n) is 9.10. The highest BCUT2D eigenvalue weighted by atomic mass is 16.4. The van der Waals surface area contributed by atoms with Crippen molar-refractivity contribution in [2.45, 2.75) is 70.3 Å². The van der Waals surface area contributed by atoms with Gasteiger partial charge in [-0.25, -0.2) is 4.79 Å². The van der Waals surface area contributed by atoms with E-state index in [-0.39, 0.29) is 25.3 Å². The number of hydrogen-bond donors (Lipinski definition) is 8. The van der Waals surface area contributed by atoms with Gasteiger partial charge in [0.1, 0.15) is 24.2 Å². The van der Waals surface area contributed by atoms with E-state index < -0.39 is 59.9 Å². The predicted molar refractivity (Wildman–Crippen MR) is 138 cm³/mol. The van der Waals surface area contributed by atoms with Crippen molar-refractivity contribution in [3.63, 3.8) is 0 Å². The van der Waals surface area contributed by atoms with Gasteiger partial charge in [-0.15, -0.1) is 0 Å². The highest BCUT2D eigenvalue weighted by molar-refractivity contribution is 5.94. The third-order valence-corrected chi connectivity index (χ3v) is 5.55. The molecule has 13 heteroatoms. The molecule has 0 spiro atoms. The summed E-state index contributed by atoms with van der Waals surface area (Å²) in [4.78, 5) is 54.3. The quantitative estimate of drug-likeness (QED) is 0.0736. The van der Waals surface area contributed by atoms with E-state index in [1.165, 1.54) is 6.92 Å². The van der Waals surface area contributed by atoms with Crippen LogP contribution in [0.25, 0.3) is 0 Å². The maximum absolute atomic E-state index is 13.3. The molecule has 0 fully saturated rings. The van der Waals surface area contributed by atoms with E-state index in [0.717, 1.165) is 5.56 Å². The first-order valence-corrected chi connectivity index (χ1v) is 12.0. The number of aliphatic imine (C=N–C) groups is 1. The van der Waals surface area contributed by atoms with Gasteiger partial charge in [0.05, 0.1) is 6.10 Å². The Morgan fingerprint density at radius 2 is 1.49 bits per heavy atom. The molecule has 0 aliphatic carbocycles. The summed E-state index contributed by atoms with van der Waals surface area (Å²) in [5.74, 6) is -3.89. The maximum Gasteiger partial charge on any atom is 0.326 e. The lowest BCUT2D eigenvalue weighted by atomic mass is 10.0. The van der Waals surface area contributed by atoms with Crippen LogP contribution in [0.15, 0.2) is 35.3 Å². The molecule has 5 atom stereocenters. The molecule has 3 amide bonds. The van der Waals surface area contributed by atoms with Crippen LogP contribution in [0.2, 0.25) is 0 Å². The maximum atomic E-state index is 13.3. The molecule has 37 heavy (non-hydrogen) atoms. The minimum absolute atomic E-state index is 0.0804. The topological polar surface area (TPSA) is 235 Å². The molecule has 0 radical (unpaired) electrons. The van der Waals surface area contributed by atoms with Crippen molar-refractivity contribution in [2.75, 3.05) is 6.54 Å². The highest BCUT2D eigenvalue weighted by Crippen LogP contribution is 2.08. The van der Waals surface area contributed by atoms with Gasteiger partial charge in [-0.05, 0) is 31.2 Å². The molecule has 206 valence electrons. The van der Waals surface area contributed by atoms with Gasteiger partial charge < -0.3 is 43.4 Å². The summed E-state index contributed by atoms with van der Waals surface area (Å²) in [5.41, 5.74) is 17.1. The first-order chi connectivity index (χ1) is 17.3. The molecule has 0 heterocycles. The third-order valence-electron chi connectivity index (χ3n) is 5.55. The molecule has 1 rings (SSSR count). The number of nitrogens with zero attached hydrogens (tertiary/aromatic N) is 1. The van der Waals surface area contributed by atoms with Gasteiger partial charge in [0, 0.05) is 13.0 Å². The Balaban J connectivity index is 3.15. The number of carboxylic acids is 1. The van der Waals surface area contributed by atoms with E-state index in [1.807, 2.05) is 0 Å². The Bertz CT molecular complexity index is 935. The van der Waals surface area contributed by atoms with Gasteiger partial charge in [-0.1, -0.05) is 44.2 Å². The second-order valence-corrected chi connectivity index (χ2v) is 9.10. The smallest absolute Gasteiger partial charge is 0.326 e. The van der Waals surface area contributed by atoms with Crippen molar-refractivity contribution in [1.29, 1.82) is 0 Å². The Morgan fingerprint density at radius 1 is 0.919 bits per heavy atom. The first kappa shape index (κ1) is 31.3. The summed E-state index contributed by atoms with van der Waals surface area (Å²) in [6.07, 6.45) is -0.675. The van der Waals surface area contributed by atoms with E-state index >= 15 is 0 Å². The van der Waals surface area contributed by atoms with Crippen molar-refractivity contribution >= 4 is 29.7 Å². The van der Waals surface area contributed by atoms with Crippen molar-refractivity contribution < 1.29 is 29.4 Å². The number of amides is 3. The van der Waals surface area contributed by atoms with Crippen molar-refractivity contribution in [3.8, 4) is 0 Å². The van der Waals surface area contributed by atoms with Gasteiger partial charge >= 0.3 is 5.97 Å². The minimum atomic E-state index is -1.27. The van der Waals surface area contributed by atoms with Crippen LogP contribution in [0, 0.1) is 5.92 Å². The van der Waals surface area contributed by atoms with Crippen molar-refractivity contribution in [2.24, 2.45) is 28.1 Å². The van der Waals surface area contributed by atoms with Crippen LogP contribution in [0.1, 0.15) is 39.2 Å². The van der Waals surface area contributed by atoms with Crippen LogP contribution in [0.4, 0.5) is 0 Å². The van der Waals surface area contributed by atoms with Gasteiger partial charge in [-0.2, -0.15) is 0 Å². The molecular weight excluding hydrogens is 482 g/mol. The number of benzene rings is 1. The normalized spacial score (nSPS) is 15.0. The summed E-state index contributed by atoms with van der Waals surface area (Å²) in [6.45, 7) is 4.81. The van der Waals surface area contributed by atoms with Crippen LogP contribution >= 0.6 is 0 Å². The largest absolute Gasteiger partial charge is 0.480 e. The number of aliphatic hydroxyl groups is 1. The lowest BCUT2D eigenvalue weighted by Gasteiger charge is -2.26. The fourth-order valence-electron chi connectivity index (χ4n) is 3.36. The van der Waals surface area contributed by atoms with Crippen LogP contribution in [0.5, 0.6) is 0 Å². The molecule has 1 aromatic carbocycles. The Hall–Kier alpha value is -3.71. The van der Waals surface area contributed by atoms with E-state index in [0.29, 0.717) is 6.42 Å². The fraction of sp³-hybridized carbons (Fsp3) is 0.542. The molecule has 11 N–H and O–H groups in total. The number of carboxylic acid groups (broad SMARTS) is 1. The standard InChI is InChI=1S/C24H39N7O6/c1-13(2)19(23(36)37)31-20(33)16(10-7-11-28-24(26)27)29-21(34)17(12-15-8-5-4-6-9-15)30-22(35)18(25)14(3)32/h4-6,8-9,13-14,16-19,32H,7,10-12,25H2,1-3H3,(H,29,34)(H,30,35)(H,31,33)(H,36,37)(H4,26,27,28). The number of aliphatic hydroxyl groups excluding tert-OH is 1. The fourth-order valence-corrected chi connectivity index (χ4v) is 3.36.